The number of nitrogens with zero attached hydrogens (tertiary/aromatic N) is 2. The topological polar surface area (TPSA) is 69.9 Å². The van der Waals surface area contributed by atoms with Gasteiger partial charge in [0.2, 0.25) is 5.91 Å². The molecule has 0 aliphatic heterocycles. The predicted molar refractivity (Wildman–Crippen MR) is 113 cm³/mol. The molecule has 1 aromatic heterocycles. The van der Waals surface area contributed by atoms with Crippen LogP contribution < -0.4 is 10.6 Å². The lowest BCUT2D eigenvalue weighted by atomic mass is 9.85. The van der Waals surface area contributed by atoms with Gasteiger partial charge in [0.25, 0.3) is 0 Å². The Hall–Kier alpha value is -2.50. The summed E-state index contributed by atoms with van der Waals surface area (Å²) in [6, 6.07) is 10.1. The lowest BCUT2D eigenvalue weighted by molar-refractivity contribution is -0.138. The molecule has 0 saturated heterocycles. The summed E-state index contributed by atoms with van der Waals surface area (Å²) >= 11 is 0. The lowest BCUT2D eigenvalue weighted by Gasteiger charge is -2.29. The van der Waals surface area contributed by atoms with Crippen molar-refractivity contribution >= 4 is 22.8 Å². The fraction of sp³-hybridized carbons (Fsp3) is 0.545. The zero-order valence-electron chi connectivity index (χ0n) is 17.3. The average molecular weight is 385 g/mol. The highest BCUT2D eigenvalue weighted by atomic mass is 16.3. The first-order chi connectivity index (χ1) is 13.5. The number of furan rings is 1. The number of amides is 1. The number of nitrogens with one attached hydrogen (secondary N) is 2. The standard InChI is InChI=1S/C22H32N4O2/c1-4-23-21(25-16-22(12-7-8-13-22)20(27)26(2)3)24-14-11-18-15-17-9-5-6-10-19(17)28-18/h5-6,9-10,15H,4,7-8,11-14,16H2,1-3H3,(H2,23,24,25). The van der Waals surface area contributed by atoms with Gasteiger partial charge in [0.05, 0.1) is 12.0 Å². The molecule has 0 atom stereocenters. The van der Waals surface area contributed by atoms with E-state index in [0.717, 1.165) is 67.9 Å². The minimum absolute atomic E-state index is 0.201. The zero-order valence-corrected chi connectivity index (χ0v) is 17.3. The normalized spacial score (nSPS) is 16.3. The van der Waals surface area contributed by atoms with Crippen LogP contribution >= 0.6 is 0 Å². The number of aliphatic imine (C=N–C) groups is 1. The quantitative estimate of drug-likeness (QED) is 0.568. The molecule has 1 aliphatic rings. The van der Waals surface area contributed by atoms with Crippen LogP contribution in [0.2, 0.25) is 0 Å². The van der Waals surface area contributed by atoms with Crippen molar-refractivity contribution in [3.05, 3.63) is 36.1 Å². The van der Waals surface area contributed by atoms with Gasteiger partial charge >= 0.3 is 0 Å². The Kier molecular flexibility index (Phi) is 6.60. The third-order valence-corrected chi connectivity index (χ3v) is 5.44. The smallest absolute Gasteiger partial charge is 0.230 e. The van der Waals surface area contributed by atoms with Gasteiger partial charge in [-0.25, -0.2) is 0 Å². The lowest BCUT2D eigenvalue weighted by Crippen LogP contribution is -2.43. The number of carbonyl (C=O) groups is 1. The SMILES string of the molecule is CCNC(=NCC1(C(=O)N(C)C)CCCC1)NCCc1cc2ccccc2o1. The average Bonchev–Trinajstić information content (AvgIpc) is 3.32. The van der Waals surface area contributed by atoms with Crippen molar-refractivity contribution in [2.45, 2.75) is 39.0 Å². The minimum atomic E-state index is -0.343. The van der Waals surface area contributed by atoms with E-state index >= 15 is 0 Å². The Morgan fingerprint density at radius 1 is 1.21 bits per heavy atom. The summed E-state index contributed by atoms with van der Waals surface area (Å²) in [7, 11) is 3.67. The molecule has 6 heteroatoms. The van der Waals surface area contributed by atoms with Gasteiger partial charge in [-0.15, -0.1) is 0 Å². The molecule has 0 radical (unpaired) electrons. The van der Waals surface area contributed by atoms with E-state index in [1.807, 2.05) is 39.2 Å². The molecule has 2 N–H and O–H groups in total. The maximum Gasteiger partial charge on any atom is 0.230 e. The molecule has 152 valence electrons. The van der Waals surface area contributed by atoms with Gasteiger partial charge in [-0.2, -0.15) is 0 Å². The van der Waals surface area contributed by atoms with Crippen LogP contribution in [-0.4, -0.2) is 50.5 Å². The van der Waals surface area contributed by atoms with Gasteiger partial charge in [-0.1, -0.05) is 31.0 Å². The minimum Gasteiger partial charge on any atom is -0.461 e. The number of para-hydroxylation sites is 1. The van der Waals surface area contributed by atoms with Crippen LogP contribution in [0, 0.1) is 5.41 Å². The zero-order chi connectivity index (χ0) is 20.0. The van der Waals surface area contributed by atoms with E-state index in [9.17, 15) is 4.79 Å². The van der Waals surface area contributed by atoms with E-state index in [4.69, 9.17) is 9.41 Å². The van der Waals surface area contributed by atoms with E-state index < -0.39 is 0 Å². The number of hydrogen-bond donors (Lipinski definition) is 2. The monoisotopic (exact) mass is 384 g/mol. The van der Waals surface area contributed by atoms with E-state index in [2.05, 4.69) is 22.8 Å². The Bertz CT molecular complexity index is 786. The van der Waals surface area contributed by atoms with Crippen molar-refractivity contribution in [1.82, 2.24) is 15.5 Å². The van der Waals surface area contributed by atoms with Gasteiger partial charge in [0.1, 0.15) is 11.3 Å². The van der Waals surface area contributed by atoms with Crippen LogP contribution in [0.4, 0.5) is 0 Å². The third-order valence-electron chi connectivity index (χ3n) is 5.44. The van der Waals surface area contributed by atoms with Gasteiger partial charge in [0, 0.05) is 39.0 Å². The van der Waals surface area contributed by atoms with Crippen LogP contribution in [0.15, 0.2) is 39.7 Å². The number of rotatable bonds is 7. The summed E-state index contributed by atoms with van der Waals surface area (Å²) in [6.07, 6.45) is 4.83. The Balaban J connectivity index is 1.61. The number of fused-ring (bicyclic) bond motifs is 1. The number of hydrogen-bond acceptors (Lipinski definition) is 3. The molecular weight excluding hydrogens is 352 g/mol. The molecule has 28 heavy (non-hydrogen) atoms. The summed E-state index contributed by atoms with van der Waals surface area (Å²) in [5.74, 6) is 1.92. The molecule has 1 fully saturated rings. The van der Waals surface area contributed by atoms with Crippen molar-refractivity contribution < 1.29 is 9.21 Å². The van der Waals surface area contributed by atoms with Crippen LogP contribution in [0.25, 0.3) is 11.0 Å². The number of benzene rings is 1. The van der Waals surface area contributed by atoms with Crippen LogP contribution in [0.3, 0.4) is 0 Å². The molecular formula is C22H32N4O2. The summed E-state index contributed by atoms with van der Waals surface area (Å²) in [5, 5.41) is 7.79. The fourth-order valence-electron chi connectivity index (χ4n) is 4.00. The molecule has 1 amide bonds. The molecule has 1 aliphatic carbocycles. The molecule has 0 bridgehead atoms. The van der Waals surface area contributed by atoms with Crippen LogP contribution in [-0.2, 0) is 11.2 Å². The van der Waals surface area contributed by atoms with Gasteiger partial charge in [-0.05, 0) is 31.9 Å². The Morgan fingerprint density at radius 2 is 1.96 bits per heavy atom. The fourth-order valence-corrected chi connectivity index (χ4v) is 4.00. The van der Waals surface area contributed by atoms with Crippen molar-refractivity contribution in [3.8, 4) is 0 Å². The first-order valence-corrected chi connectivity index (χ1v) is 10.3. The molecule has 3 rings (SSSR count). The summed E-state index contributed by atoms with van der Waals surface area (Å²) in [6.45, 7) is 4.09. The van der Waals surface area contributed by atoms with Crippen molar-refractivity contribution in [2.75, 3.05) is 33.7 Å². The Labute approximate surface area is 167 Å². The highest BCUT2D eigenvalue weighted by Gasteiger charge is 2.42. The predicted octanol–water partition coefficient (Wildman–Crippen LogP) is 3.18. The largest absolute Gasteiger partial charge is 0.461 e. The third kappa shape index (κ3) is 4.66. The molecule has 1 heterocycles. The second-order valence-electron chi connectivity index (χ2n) is 7.81. The van der Waals surface area contributed by atoms with Crippen LogP contribution in [0.5, 0.6) is 0 Å². The molecule has 6 nitrogen and oxygen atoms in total. The van der Waals surface area contributed by atoms with E-state index in [-0.39, 0.29) is 11.3 Å². The second kappa shape index (κ2) is 9.13. The molecule has 0 spiro atoms. The van der Waals surface area contributed by atoms with Crippen molar-refractivity contribution in [3.63, 3.8) is 0 Å². The first-order valence-electron chi connectivity index (χ1n) is 10.3. The number of carbonyl (C=O) groups excluding carboxylic acids is 1. The van der Waals surface area contributed by atoms with Gasteiger partial charge < -0.3 is 20.0 Å². The maximum absolute atomic E-state index is 12.7. The van der Waals surface area contributed by atoms with Gasteiger partial charge in [0.15, 0.2) is 5.96 Å². The summed E-state index contributed by atoms with van der Waals surface area (Å²) in [4.78, 5) is 19.2. The first kappa shape index (κ1) is 20.2. The van der Waals surface area contributed by atoms with E-state index in [0.29, 0.717) is 6.54 Å². The van der Waals surface area contributed by atoms with Crippen molar-refractivity contribution in [1.29, 1.82) is 0 Å². The summed E-state index contributed by atoms with van der Waals surface area (Å²) < 4.78 is 5.87. The molecule has 2 aromatic rings. The van der Waals surface area contributed by atoms with E-state index in [1.54, 1.807) is 4.90 Å². The Morgan fingerprint density at radius 3 is 2.64 bits per heavy atom. The number of guanidine groups is 1. The second-order valence-corrected chi connectivity index (χ2v) is 7.81. The van der Waals surface area contributed by atoms with Gasteiger partial charge in [-0.3, -0.25) is 9.79 Å². The molecule has 1 saturated carbocycles. The highest BCUT2D eigenvalue weighted by Crippen LogP contribution is 2.39. The maximum atomic E-state index is 12.7. The summed E-state index contributed by atoms with van der Waals surface area (Å²) in [5.41, 5.74) is 0.577. The highest BCUT2D eigenvalue weighted by molar-refractivity contribution is 5.84. The van der Waals surface area contributed by atoms with Crippen LogP contribution in [0.1, 0.15) is 38.4 Å². The van der Waals surface area contributed by atoms with E-state index in [1.165, 1.54) is 0 Å². The van der Waals surface area contributed by atoms with Crippen molar-refractivity contribution in [2.24, 2.45) is 10.4 Å². The molecule has 1 aromatic carbocycles. The molecule has 0 unspecified atom stereocenters.